The lowest BCUT2D eigenvalue weighted by atomic mass is 10.1. The van der Waals surface area contributed by atoms with Gasteiger partial charge >= 0.3 is 0 Å². The number of aliphatic hydroxyl groups is 1. The van der Waals surface area contributed by atoms with E-state index in [1.54, 1.807) is 0 Å². The van der Waals surface area contributed by atoms with Crippen molar-refractivity contribution >= 4 is 11.0 Å². The number of aryl methyl sites for hydroxylation is 1. The zero-order valence-electron chi connectivity index (χ0n) is 9.93. The molecule has 0 bridgehead atoms. The molecule has 1 heterocycles. The normalized spacial score (nSPS) is 17.6. The maximum Gasteiger partial charge on any atom is 0.112 e. The van der Waals surface area contributed by atoms with E-state index in [0.717, 1.165) is 16.6 Å². The number of aliphatic hydroxyl groups excluding tert-OH is 1. The van der Waals surface area contributed by atoms with E-state index in [1.807, 2.05) is 18.2 Å². The van der Waals surface area contributed by atoms with Crippen molar-refractivity contribution in [2.45, 2.75) is 24.9 Å². The Morgan fingerprint density at radius 3 is 2.94 bits per heavy atom. The molecule has 1 saturated carbocycles. The summed E-state index contributed by atoms with van der Waals surface area (Å²) in [7, 11) is 2.06. The van der Waals surface area contributed by atoms with E-state index in [1.165, 1.54) is 18.7 Å². The third-order valence-electron chi connectivity index (χ3n) is 3.49. The minimum Gasteiger partial charge on any atom is -0.387 e. The molecule has 3 N–H and O–H groups in total. The molecule has 3 rings (SSSR count). The molecule has 1 aliphatic carbocycles. The molecule has 0 aliphatic heterocycles. The third kappa shape index (κ3) is 1.73. The van der Waals surface area contributed by atoms with Gasteiger partial charge in [0.15, 0.2) is 0 Å². The van der Waals surface area contributed by atoms with Crippen LogP contribution >= 0.6 is 0 Å². The molecule has 2 aromatic rings. The molecule has 0 radical (unpaired) electrons. The molecule has 1 fully saturated rings. The largest absolute Gasteiger partial charge is 0.387 e. The van der Waals surface area contributed by atoms with Gasteiger partial charge in [-0.1, -0.05) is 6.07 Å². The molecule has 1 unspecified atom stereocenters. The first kappa shape index (κ1) is 10.7. The van der Waals surface area contributed by atoms with Crippen LogP contribution in [0.4, 0.5) is 0 Å². The van der Waals surface area contributed by atoms with Crippen LogP contribution in [0.3, 0.4) is 0 Å². The van der Waals surface area contributed by atoms with E-state index in [2.05, 4.69) is 16.6 Å². The first-order chi connectivity index (χ1) is 8.20. The highest BCUT2D eigenvalue weighted by Gasteiger charge is 2.28. The summed E-state index contributed by atoms with van der Waals surface area (Å²) >= 11 is 0. The van der Waals surface area contributed by atoms with E-state index < -0.39 is 6.10 Å². The summed E-state index contributed by atoms with van der Waals surface area (Å²) in [5.41, 5.74) is 8.40. The summed E-state index contributed by atoms with van der Waals surface area (Å²) in [6, 6.07) is 5.89. The highest BCUT2D eigenvalue weighted by atomic mass is 16.3. The lowest BCUT2D eigenvalue weighted by molar-refractivity contribution is 0.187. The Labute approximate surface area is 100 Å². The second-order valence-corrected chi connectivity index (χ2v) is 4.80. The summed E-state index contributed by atoms with van der Waals surface area (Å²) < 4.78 is 2.16. The van der Waals surface area contributed by atoms with E-state index in [9.17, 15) is 5.11 Å². The summed E-state index contributed by atoms with van der Waals surface area (Å²) in [6.07, 6.45) is 1.90. The molecule has 90 valence electrons. The van der Waals surface area contributed by atoms with Crippen LogP contribution in [-0.4, -0.2) is 21.2 Å². The molecule has 0 spiro atoms. The molecular formula is C13H17N3O. The predicted octanol–water partition coefficient (Wildman–Crippen LogP) is 1.44. The second kappa shape index (κ2) is 3.82. The van der Waals surface area contributed by atoms with Crippen LogP contribution in [0.2, 0.25) is 0 Å². The Balaban J connectivity index is 2.10. The van der Waals surface area contributed by atoms with Gasteiger partial charge in [0.1, 0.15) is 5.82 Å². The number of fused-ring (bicyclic) bond motifs is 1. The second-order valence-electron chi connectivity index (χ2n) is 4.80. The molecule has 1 aromatic carbocycles. The number of aromatic nitrogens is 2. The van der Waals surface area contributed by atoms with E-state index in [-0.39, 0.29) is 6.54 Å². The van der Waals surface area contributed by atoms with Crippen LogP contribution < -0.4 is 5.73 Å². The van der Waals surface area contributed by atoms with Crippen molar-refractivity contribution in [2.75, 3.05) is 6.54 Å². The van der Waals surface area contributed by atoms with Gasteiger partial charge in [0.25, 0.3) is 0 Å². The maximum atomic E-state index is 9.73. The fraction of sp³-hybridized carbons (Fsp3) is 0.462. The first-order valence-corrected chi connectivity index (χ1v) is 6.05. The number of rotatable bonds is 3. The molecule has 17 heavy (non-hydrogen) atoms. The molecule has 1 atom stereocenters. The number of imidazole rings is 1. The zero-order chi connectivity index (χ0) is 12.0. The number of nitrogens with two attached hydrogens (primary N) is 1. The Morgan fingerprint density at radius 2 is 2.29 bits per heavy atom. The van der Waals surface area contributed by atoms with Crippen LogP contribution in [-0.2, 0) is 7.05 Å². The van der Waals surface area contributed by atoms with E-state index in [0.29, 0.717) is 5.92 Å². The van der Waals surface area contributed by atoms with Crippen molar-refractivity contribution in [3.63, 3.8) is 0 Å². The summed E-state index contributed by atoms with van der Waals surface area (Å²) in [5.74, 6) is 1.80. The van der Waals surface area contributed by atoms with Gasteiger partial charge in [-0.15, -0.1) is 0 Å². The minimum absolute atomic E-state index is 0.244. The molecule has 4 heteroatoms. The van der Waals surface area contributed by atoms with Gasteiger partial charge in [-0.25, -0.2) is 4.98 Å². The zero-order valence-corrected chi connectivity index (χ0v) is 9.93. The van der Waals surface area contributed by atoms with Crippen LogP contribution in [0.5, 0.6) is 0 Å². The van der Waals surface area contributed by atoms with Crippen molar-refractivity contribution in [1.82, 2.24) is 9.55 Å². The van der Waals surface area contributed by atoms with Crippen molar-refractivity contribution < 1.29 is 5.11 Å². The average molecular weight is 231 g/mol. The predicted molar refractivity (Wildman–Crippen MR) is 66.7 cm³/mol. The number of hydrogen-bond acceptors (Lipinski definition) is 3. The standard InChI is InChI=1S/C13H17N3O/c1-16-11-5-4-9(12(17)7-14)6-10(11)15-13(16)8-2-3-8/h4-6,8,12,17H,2-3,7,14H2,1H3. The lowest BCUT2D eigenvalue weighted by Gasteiger charge is -2.07. The quantitative estimate of drug-likeness (QED) is 0.840. The molecule has 1 aliphatic rings. The molecule has 4 nitrogen and oxygen atoms in total. The summed E-state index contributed by atoms with van der Waals surface area (Å²) in [5, 5.41) is 9.73. The lowest BCUT2D eigenvalue weighted by Crippen LogP contribution is -2.11. The number of nitrogens with zero attached hydrogens (tertiary/aromatic N) is 2. The topological polar surface area (TPSA) is 64.1 Å². The van der Waals surface area contributed by atoms with Gasteiger partial charge in [0, 0.05) is 19.5 Å². The fourth-order valence-electron chi connectivity index (χ4n) is 2.29. The van der Waals surface area contributed by atoms with Crippen molar-refractivity contribution in [1.29, 1.82) is 0 Å². The van der Waals surface area contributed by atoms with Crippen LogP contribution in [0.15, 0.2) is 18.2 Å². The van der Waals surface area contributed by atoms with Gasteiger partial charge in [-0.2, -0.15) is 0 Å². The third-order valence-corrected chi connectivity index (χ3v) is 3.49. The molecule has 1 aromatic heterocycles. The SMILES string of the molecule is Cn1c(C2CC2)nc2cc(C(O)CN)ccc21. The molecular weight excluding hydrogens is 214 g/mol. The van der Waals surface area contributed by atoms with Crippen molar-refractivity contribution in [3.05, 3.63) is 29.6 Å². The highest BCUT2D eigenvalue weighted by Crippen LogP contribution is 2.40. The van der Waals surface area contributed by atoms with Gasteiger partial charge in [-0.05, 0) is 30.5 Å². The summed E-state index contributed by atoms with van der Waals surface area (Å²) in [6.45, 7) is 0.244. The number of hydrogen-bond donors (Lipinski definition) is 2. The first-order valence-electron chi connectivity index (χ1n) is 6.05. The van der Waals surface area contributed by atoms with E-state index in [4.69, 9.17) is 5.73 Å². The molecule has 0 amide bonds. The average Bonchev–Trinajstić information content (AvgIpc) is 3.14. The molecule has 0 saturated heterocycles. The smallest absolute Gasteiger partial charge is 0.112 e. The Kier molecular flexibility index (Phi) is 2.42. The van der Waals surface area contributed by atoms with Gasteiger partial charge in [-0.3, -0.25) is 0 Å². The summed E-state index contributed by atoms with van der Waals surface area (Å²) in [4.78, 5) is 4.66. The van der Waals surface area contributed by atoms with Gasteiger partial charge in [0.2, 0.25) is 0 Å². The maximum absolute atomic E-state index is 9.73. The van der Waals surface area contributed by atoms with Crippen molar-refractivity contribution in [3.8, 4) is 0 Å². The van der Waals surface area contributed by atoms with E-state index >= 15 is 0 Å². The van der Waals surface area contributed by atoms with Gasteiger partial charge < -0.3 is 15.4 Å². The van der Waals surface area contributed by atoms with Crippen LogP contribution in [0, 0.1) is 0 Å². The number of benzene rings is 1. The monoisotopic (exact) mass is 231 g/mol. The van der Waals surface area contributed by atoms with Gasteiger partial charge in [0.05, 0.1) is 17.1 Å². The highest BCUT2D eigenvalue weighted by molar-refractivity contribution is 5.77. The van der Waals surface area contributed by atoms with Crippen LogP contribution in [0.1, 0.15) is 36.3 Å². The fourth-order valence-corrected chi connectivity index (χ4v) is 2.29. The van der Waals surface area contributed by atoms with Crippen LogP contribution in [0.25, 0.3) is 11.0 Å². The Hall–Kier alpha value is -1.39. The Morgan fingerprint density at radius 1 is 1.53 bits per heavy atom. The van der Waals surface area contributed by atoms with Crippen molar-refractivity contribution in [2.24, 2.45) is 12.8 Å². The minimum atomic E-state index is -0.592. The Bertz CT molecular complexity index is 557.